The van der Waals surface area contributed by atoms with Crippen LogP contribution in [0.2, 0.25) is 5.02 Å². The first-order valence-corrected chi connectivity index (χ1v) is 5.91. The highest BCUT2D eigenvalue weighted by molar-refractivity contribution is 6.30. The molecule has 2 rings (SSSR count). The fraction of sp³-hybridized carbons (Fsp3) is 0.231. The van der Waals surface area contributed by atoms with Crippen LogP contribution in [0.3, 0.4) is 0 Å². The van der Waals surface area contributed by atoms with Gasteiger partial charge >= 0.3 is 6.03 Å². The highest BCUT2D eigenvalue weighted by Gasteiger charge is 2.28. The average molecular weight is 265 g/mol. The van der Waals surface area contributed by atoms with Gasteiger partial charge in [-0.1, -0.05) is 23.7 Å². The Kier molecular flexibility index (Phi) is 3.39. The molecule has 1 heterocycles. The molecule has 0 aromatic heterocycles. The number of ketones is 1. The van der Waals surface area contributed by atoms with E-state index >= 15 is 0 Å². The second kappa shape index (κ2) is 4.82. The Morgan fingerprint density at radius 3 is 2.44 bits per heavy atom. The number of carbonyl (C=O) groups excluding carboxylic acids is 2. The second-order valence-electron chi connectivity index (χ2n) is 4.18. The Labute approximate surface area is 110 Å². The van der Waals surface area contributed by atoms with Gasteiger partial charge in [0.05, 0.1) is 6.04 Å². The Bertz CT molecular complexity index is 534. The third-order valence-corrected chi connectivity index (χ3v) is 3.10. The first-order chi connectivity index (χ1) is 8.49. The van der Waals surface area contributed by atoms with Crippen molar-refractivity contribution >= 4 is 23.4 Å². The monoisotopic (exact) mass is 264 g/mol. The molecule has 0 saturated heterocycles. The summed E-state index contributed by atoms with van der Waals surface area (Å²) in [7, 11) is 0. The molecule has 94 valence electrons. The zero-order valence-corrected chi connectivity index (χ0v) is 10.8. The molecule has 1 aromatic rings. The van der Waals surface area contributed by atoms with Gasteiger partial charge in [0.25, 0.3) is 0 Å². The minimum Gasteiger partial charge on any atom is -0.327 e. The summed E-state index contributed by atoms with van der Waals surface area (Å²) < 4.78 is 0. The molecule has 2 N–H and O–H groups in total. The van der Waals surface area contributed by atoms with E-state index < -0.39 is 6.04 Å². The first-order valence-electron chi connectivity index (χ1n) is 5.53. The molecule has 1 aromatic carbocycles. The van der Waals surface area contributed by atoms with E-state index in [9.17, 15) is 9.59 Å². The molecule has 1 aliphatic rings. The molecule has 0 fully saturated rings. The molecule has 1 aliphatic heterocycles. The molecule has 0 saturated carbocycles. The number of benzene rings is 1. The summed E-state index contributed by atoms with van der Waals surface area (Å²) in [6.07, 6.45) is 0. The number of hydrogen-bond donors (Lipinski definition) is 2. The van der Waals surface area contributed by atoms with Gasteiger partial charge in [0.2, 0.25) is 0 Å². The SMILES string of the molecule is CC(=O)C1=C(C)NC(=O)NC1c1ccc(Cl)cc1. The maximum atomic E-state index is 11.7. The number of carbonyl (C=O) groups is 2. The van der Waals surface area contributed by atoms with E-state index in [1.807, 2.05) is 0 Å². The lowest BCUT2D eigenvalue weighted by molar-refractivity contribution is -0.114. The van der Waals surface area contributed by atoms with Crippen molar-refractivity contribution in [3.05, 3.63) is 46.1 Å². The number of nitrogens with one attached hydrogen (secondary N) is 2. The van der Waals surface area contributed by atoms with E-state index in [4.69, 9.17) is 11.6 Å². The van der Waals surface area contributed by atoms with E-state index in [2.05, 4.69) is 10.6 Å². The Balaban J connectivity index is 2.46. The predicted molar refractivity (Wildman–Crippen MR) is 69.2 cm³/mol. The maximum absolute atomic E-state index is 11.7. The molecule has 18 heavy (non-hydrogen) atoms. The van der Waals surface area contributed by atoms with Gasteiger partial charge in [0.15, 0.2) is 5.78 Å². The number of hydrogen-bond acceptors (Lipinski definition) is 2. The van der Waals surface area contributed by atoms with Crippen molar-refractivity contribution in [1.82, 2.24) is 10.6 Å². The Morgan fingerprint density at radius 1 is 1.28 bits per heavy atom. The van der Waals surface area contributed by atoms with E-state index in [0.717, 1.165) is 5.56 Å². The lowest BCUT2D eigenvalue weighted by Crippen LogP contribution is -2.44. The zero-order valence-electron chi connectivity index (χ0n) is 10.1. The average Bonchev–Trinajstić information content (AvgIpc) is 2.28. The van der Waals surface area contributed by atoms with Crippen LogP contribution in [0.25, 0.3) is 0 Å². The quantitative estimate of drug-likeness (QED) is 0.862. The van der Waals surface area contributed by atoms with Gasteiger partial charge in [-0.25, -0.2) is 4.79 Å². The summed E-state index contributed by atoms with van der Waals surface area (Å²) in [6, 6.07) is 6.34. The molecular weight excluding hydrogens is 252 g/mol. The van der Waals surface area contributed by atoms with Crippen LogP contribution in [0.4, 0.5) is 4.79 Å². The van der Waals surface area contributed by atoms with E-state index in [1.165, 1.54) is 6.92 Å². The van der Waals surface area contributed by atoms with Crippen LogP contribution >= 0.6 is 11.6 Å². The van der Waals surface area contributed by atoms with Crippen LogP contribution in [0.1, 0.15) is 25.5 Å². The van der Waals surface area contributed by atoms with Crippen LogP contribution in [-0.2, 0) is 4.79 Å². The molecule has 0 bridgehead atoms. The van der Waals surface area contributed by atoms with Crippen molar-refractivity contribution in [2.24, 2.45) is 0 Å². The summed E-state index contributed by atoms with van der Waals surface area (Å²) in [5.74, 6) is -0.0695. The molecule has 1 unspecified atom stereocenters. The molecule has 2 amide bonds. The minimum absolute atomic E-state index is 0.0695. The lowest BCUT2D eigenvalue weighted by atomic mass is 9.93. The van der Waals surface area contributed by atoms with Gasteiger partial charge in [-0.05, 0) is 31.5 Å². The lowest BCUT2D eigenvalue weighted by Gasteiger charge is -2.28. The minimum atomic E-state index is -0.423. The topological polar surface area (TPSA) is 58.2 Å². The van der Waals surface area contributed by atoms with Gasteiger partial charge in [-0.15, -0.1) is 0 Å². The number of Topliss-reactive ketones (excluding diaryl/α,β-unsaturated/α-hetero) is 1. The van der Waals surface area contributed by atoms with Crippen LogP contribution < -0.4 is 10.6 Å². The van der Waals surface area contributed by atoms with Crippen LogP contribution in [0.15, 0.2) is 35.5 Å². The summed E-state index contributed by atoms with van der Waals surface area (Å²) in [5.41, 5.74) is 1.99. The molecular formula is C13H13ClN2O2. The number of allylic oxidation sites excluding steroid dienone is 1. The fourth-order valence-electron chi connectivity index (χ4n) is 2.07. The number of rotatable bonds is 2. The second-order valence-corrected chi connectivity index (χ2v) is 4.61. The highest BCUT2D eigenvalue weighted by Crippen LogP contribution is 2.27. The van der Waals surface area contributed by atoms with Crippen molar-refractivity contribution < 1.29 is 9.59 Å². The van der Waals surface area contributed by atoms with Crippen molar-refractivity contribution in [3.63, 3.8) is 0 Å². The highest BCUT2D eigenvalue weighted by atomic mass is 35.5. The number of halogens is 1. The van der Waals surface area contributed by atoms with Crippen LogP contribution in [0.5, 0.6) is 0 Å². The van der Waals surface area contributed by atoms with Crippen molar-refractivity contribution in [2.45, 2.75) is 19.9 Å². The molecule has 0 aliphatic carbocycles. The largest absolute Gasteiger partial charge is 0.327 e. The predicted octanol–water partition coefficient (Wildman–Crippen LogP) is 2.56. The summed E-state index contributed by atoms with van der Waals surface area (Å²) >= 11 is 5.83. The molecule has 0 radical (unpaired) electrons. The third-order valence-electron chi connectivity index (χ3n) is 2.85. The summed E-state index contributed by atoms with van der Waals surface area (Å²) in [4.78, 5) is 23.2. The normalized spacial score (nSPS) is 19.3. The maximum Gasteiger partial charge on any atom is 0.319 e. The van der Waals surface area contributed by atoms with Gasteiger partial charge in [0.1, 0.15) is 0 Å². The zero-order chi connectivity index (χ0) is 13.3. The van der Waals surface area contributed by atoms with Crippen molar-refractivity contribution in [3.8, 4) is 0 Å². The summed E-state index contributed by atoms with van der Waals surface area (Å²) in [6.45, 7) is 3.21. The van der Waals surface area contributed by atoms with E-state index in [1.54, 1.807) is 31.2 Å². The van der Waals surface area contributed by atoms with Gasteiger partial charge in [-0.2, -0.15) is 0 Å². The van der Waals surface area contributed by atoms with Gasteiger partial charge in [-0.3, -0.25) is 4.79 Å². The third kappa shape index (κ3) is 2.38. The van der Waals surface area contributed by atoms with Crippen molar-refractivity contribution in [2.75, 3.05) is 0 Å². The Morgan fingerprint density at radius 2 is 1.89 bits per heavy atom. The molecule has 4 nitrogen and oxygen atoms in total. The van der Waals surface area contributed by atoms with Gasteiger partial charge in [0, 0.05) is 16.3 Å². The van der Waals surface area contributed by atoms with Gasteiger partial charge < -0.3 is 10.6 Å². The fourth-order valence-corrected chi connectivity index (χ4v) is 2.19. The van der Waals surface area contributed by atoms with Crippen LogP contribution in [-0.4, -0.2) is 11.8 Å². The Hall–Kier alpha value is -1.81. The first kappa shape index (κ1) is 12.6. The molecule has 5 heteroatoms. The summed E-state index contributed by atoms with van der Waals surface area (Å²) in [5, 5.41) is 5.96. The van der Waals surface area contributed by atoms with Crippen LogP contribution in [0, 0.1) is 0 Å². The number of urea groups is 1. The molecule has 1 atom stereocenters. The van der Waals surface area contributed by atoms with E-state index in [-0.39, 0.29) is 11.8 Å². The smallest absolute Gasteiger partial charge is 0.319 e. The standard InChI is InChI=1S/C13H13ClN2O2/c1-7-11(8(2)17)12(16-13(18)15-7)9-3-5-10(14)6-4-9/h3-6,12H,1-2H3,(H2,15,16,18). The van der Waals surface area contributed by atoms with E-state index in [0.29, 0.717) is 16.3 Å². The van der Waals surface area contributed by atoms with Crippen molar-refractivity contribution in [1.29, 1.82) is 0 Å². The number of amides is 2. The molecule has 0 spiro atoms.